The van der Waals surface area contributed by atoms with Gasteiger partial charge in [-0.15, -0.1) is 0 Å². The molecule has 29 heavy (non-hydrogen) atoms. The molecule has 152 valence electrons. The lowest BCUT2D eigenvalue weighted by molar-refractivity contribution is 0.306. The summed E-state index contributed by atoms with van der Waals surface area (Å²) in [7, 11) is -3.64. The fourth-order valence-electron chi connectivity index (χ4n) is 2.76. The first-order chi connectivity index (χ1) is 13.9. The molecule has 3 rings (SSSR count). The molecule has 0 unspecified atom stereocenters. The van der Waals surface area contributed by atoms with Crippen molar-refractivity contribution in [3.8, 4) is 5.75 Å². The third-order valence-corrected chi connectivity index (χ3v) is 5.59. The highest BCUT2D eigenvalue weighted by molar-refractivity contribution is 7.89. The Bertz CT molecular complexity index is 1020. The molecule has 7 heteroatoms. The van der Waals surface area contributed by atoms with Crippen LogP contribution in [0.1, 0.15) is 16.7 Å². The number of hydrogen-bond acceptors (Lipinski definition) is 4. The van der Waals surface area contributed by atoms with Gasteiger partial charge in [-0.3, -0.25) is 0 Å². The number of primary sulfonamides is 1. The quantitative estimate of drug-likeness (QED) is 0.504. The van der Waals surface area contributed by atoms with Crippen LogP contribution in [0.25, 0.3) is 0 Å². The van der Waals surface area contributed by atoms with E-state index < -0.39 is 10.0 Å². The van der Waals surface area contributed by atoms with Crippen LogP contribution in [0.2, 0.25) is 5.02 Å². The monoisotopic (exact) mass is 430 g/mol. The van der Waals surface area contributed by atoms with Crippen LogP contribution in [-0.4, -0.2) is 15.0 Å². The molecular weight excluding hydrogens is 408 g/mol. The second kappa shape index (κ2) is 9.89. The summed E-state index contributed by atoms with van der Waals surface area (Å²) in [5.41, 5.74) is 3.28. The van der Waals surface area contributed by atoms with Crippen LogP contribution < -0.4 is 15.2 Å². The van der Waals surface area contributed by atoms with Gasteiger partial charge in [0.05, 0.1) is 4.90 Å². The number of hydrogen-bond donors (Lipinski definition) is 2. The van der Waals surface area contributed by atoms with Crippen LogP contribution in [0.15, 0.2) is 77.7 Å². The van der Waals surface area contributed by atoms with Crippen molar-refractivity contribution in [3.05, 3.63) is 94.5 Å². The molecule has 0 aliphatic rings. The molecule has 0 saturated heterocycles. The lowest BCUT2D eigenvalue weighted by Gasteiger charge is -2.09. The molecule has 0 atom stereocenters. The van der Waals surface area contributed by atoms with E-state index in [1.165, 1.54) is 12.1 Å². The number of ether oxygens (including phenoxy) is 1. The molecule has 0 radical (unpaired) electrons. The summed E-state index contributed by atoms with van der Waals surface area (Å²) < 4.78 is 28.3. The van der Waals surface area contributed by atoms with Gasteiger partial charge in [0.2, 0.25) is 10.0 Å². The first kappa shape index (κ1) is 21.3. The molecule has 0 aromatic heterocycles. The van der Waals surface area contributed by atoms with Crippen molar-refractivity contribution in [3.63, 3.8) is 0 Å². The van der Waals surface area contributed by atoms with E-state index in [1.54, 1.807) is 12.1 Å². The van der Waals surface area contributed by atoms with Crippen molar-refractivity contribution < 1.29 is 13.2 Å². The van der Waals surface area contributed by atoms with E-state index in [0.29, 0.717) is 11.6 Å². The van der Waals surface area contributed by atoms with Gasteiger partial charge in [0.15, 0.2) is 0 Å². The molecule has 0 fully saturated rings. The van der Waals surface area contributed by atoms with Crippen LogP contribution in [0.5, 0.6) is 5.75 Å². The summed E-state index contributed by atoms with van der Waals surface area (Å²) in [5.74, 6) is 0.818. The topological polar surface area (TPSA) is 81.4 Å². The first-order valence-corrected chi connectivity index (χ1v) is 11.1. The first-order valence-electron chi connectivity index (χ1n) is 9.19. The number of nitrogens with two attached hydrogens (primary N) is 1. The zero-order valence-corrected chi connectivity index (χ0v) is 17.4. The molecule has 3 aromatic carbocycles. The van der Waals surface area contributed by atoms with Crippen LogP contribution in [0.3, 0.4) is 0 Å². The van der Waals surface area contributed by atoms with Crippen molar-refractivity contribution >= 4 is 21.6 Å². The van der Waals surface area contributed by atoms with E-state index in [-0.39, 0.29) is 4.90 Å². The Morgan fingerprint density at radius 1 is 0.828 bits per heavy atom. The van der Waals surface area contributed by atoms with Crippen molar-refractivity contribution in [1.82, 2.24) is 5.32 Å². The van der Waals surface area contributed by atoms with Gasteiger partial charge in [0.1, 0.15) is 12.4 Å². The van der Waals surface area contributed by atoms with Crippen LogP contribution in [0, 0.1) is 0 Å². The molecular formula is C22H23ClN2O3S. The summed E-state index contributed by atoms with van der Waals surface area (Å²) in [6.45, 7) is 2.02. The minimum atomic E-state index is -3.64. The zero-order valence-electron chi connectivity index (χ0n) is 15.8. The molecule has 0 saturated carbocycles. The average molecular weight is 431 g/mol. The molecule has 0 amide bonds. The predicted octanol–water partition coefficient (Wildman–Crippen LogP) is 3.90. The van der Waals surface area contributed by atoms with E-state index in [9.17, 15) is 8.42 Å². The highest BCUT2D eigenvalue weighted by Gasteiger charge is 2.06. The molecule has 0 bridgehead atoms. The molecule has 0 aliphatic heterocycles. The number of nitrogens with one attached hydrogen (secondary N) is 1. The number of sulfonamides is 1. The van der Waals surface area contributed by atoms with Gasteiger partial charge >= 0.3 is 0 Å². The van der Waals surface area contributed by atoms with Gasteiger partial charge in [-0.2, -0.15) is 0 Å². The van der Waals surface area contributed by atoms with Gasteiger partial charge in [-0.05, 0) is 66.1 Å². The van der Waals surface area contributed by atoms with Crippen molar-refractivity contribution in [2.45, 2.75) is 24.5 Å². The Balaban J connectivity index is 1.40. The average Bonchev–Trinajstić information content (AvgIpc) is 2.71. The number of rotatable bonds is 9. The summed E-state index contributed by atoms with van der Waals surface area (Å²) in [5, 5.41) is 9.20. The minimum Gasteiger partial charge on any atom is -0.489 e. The lowest BCUT2D eigenvalue weighted by atomic mass is 10.1. The molecule has 3 aromatic rings. The van der Waals surface area contributed by atoms with Crippen molar-refractivity contribution in [2.75, 3.05) is 6.54 Å². The fourth-order valence-corrected chi connectivity index (χ4v) is 3.40. The highest BCUT2D eigenvalue weighted by Crippen LogP contribution is 2.16. The minimum absolute atomic E-state index is 0.132. The third-order valence-electron chi connectivity index (χ3n) is 4.41. The summed E-state index contributed by atoms with van der Waals surface area (Å²) in [6, 6.07) is 22.2. The molecule has 3 N–H and O–H groups in total. The zero-order chi connectivity index (χ0) is 20.7. The van der Waals surface area contributed by atoms with Crippen molar-refractivity contribution in [1.29, 1.82) is 0 Å². The Morgan fingerprint density at radius 2 is 1.41 bits per heavy atom. The molecule has 0 aliphatic carbocycles. The van der Waals surface area contributed by atoms with Crippen molar-refractivity contribution in [2.24, 2.45) is 5.14 Å². The molecule has 5 nitrogen and oxygen atoms in total. The van der Waals surface area contributed by atoms with E-state index in [0.717, 1.165) is 42.0 Å². The smallest absolute Gasteiger partial charge is 0.238 e. The van der Waals surface area contributed by atoms with Gasteiger partial charge in [-0.1, -0.05) is 48.0 Å². The fraction of sp³-hybridized carbons (Fsp3) is 0.182. The van der Waals surface area contributed by atoms with E-state index >= 15 is 0 Å². The Kier molecular flexibility index (Phi) is 7.28. The summed E-state index contributed by atoms with van der Waals surface area (Å²) in [4.78, 5) is 0.132. The van der Waals surface area contributed by atoms with Crippen LogP contribution >= 0.6 is 11.6 Å². The van der Waals surface area contributed by atoms with Gasteiger partial charge < -0.3 is 10.1 Å². The number of halogens is 1. The van der Waals surface area contributed by atoms with Gasteiger partial charge in [0, 0.05) is 11.6 Å². The predicted molar refractivity (Wildman–Crippen MR) is 115 cm³/mol. The highest BCUT2D eigenvalue weighted by atomic mass is 35.5. The Morgan fingerprint density at radius 3 is 2.03 bits per heavy atom. The van der Waals surface area contributed by atoms with Gasteiger partial charge in [-0.25, -0.2) is 13.6 Å². The lowest BCUT2D eigenvalue weighted by Crippen LogP contribution is -2.17. The standard InChI is InChI=1S/C22H23ClN2O3S/c23-20-7-1-19(2-8-20)16-28-21-9-3-18(4-10-21)15-25-14-13-17-5-11-22(12-6-17)29(24,26)27/h1-12,25H,13-16H2,(H2,24,26,27). The summed E-state index contributed by atoms with van der Waals surface area (Å²) >= 11 is 5.88. The molecule has 0 spiro atoms. The van der Waals surface area contributed by atoms with Gasteiger partial charge in [0.25, 0.3) is 0 Å². The maximum Gasteiger partial charge on any atom is 0.238 e. The third kappa shape index (κ3) is 6.87. The maximum absolute atomic E-state index is 11.3. The maximum atomic E-state index is 11.3. The number of benzene rings is 3. The van der Waals surface area contributed by atoms with E-state index in [4.69, 9.17) is 21.5 Å². The normalized spacial score (nSPS) is 11.4. The van der Waals surface area contributed by atoms with E-state index in [1.807, 2.05) is 48.5 Å². The van der Waals surface area contributed by atoms with Crippen LogP contribution in [0.4, 0.5) is 0 Å². The molecule has 0 heterocycles. The largest absolute Gasteiger partial charge is 0.489 e. The second-order valence-electron chi connectivity index (χ2n) is 6.67. The van der Waals surface area contributed by atoms with E-state index in [2.05, 4.69) is 5.32 Å². The second-order valence-corrected chi connectivity index (χ2v) is 8.67. The summed E-state index contributed by atoms with van der Waals surface area (Å²) in [6.07, 6.45) is 0.799. The SMILES string of the molecule is NS(=O)(=O)c1ccc(CCNCc2ccc(OCc3ccc(Cl)cc3)cc2)cc1. The Hall–Kier alpha value is -2.38. The van der Waals surface area contributed by atoms with Crippen LogP contribution in [-0.2, 0) is 29.6 Å². The Labute approximate surface area is 176 Å².